The fourth-order valence-corrected chi connectivity index (χ4v) is 2.90. The van der Waals surface area contributed by atoms with E-state index in [1.807, 2.05) is 11.8 Å². The summed E-state index contributed by atoms with van der Waals surface area (Å²) in [7, 11) is 0. The van der Waals surface area contributed by atoms with Gasteiger partial charge in [-0.05, 0) is 39.5 Å². The average molecular weight is 281 g/mol. The second-order valence-electron chi connectivity index (χ2n) is 5.00. The smallest absolute Gasteiger partial charge is 0.138 e. The van der Waals surface area contributed by atoms with Crippen LogP contribution in [-0.2, 0) is 0 Å². The average Bonchev–Trinajstić information content (AvgIpc) is 2.63. The van der Waals surface area contributed by atoms with Gasteiger partial charge in [0.2, 0.25) is 0 Å². The van der Waals surface area contributed by atoms with Crippen molar-refractivity contribution in [3.05, 3.63) is 16.8 Å². The summed E-state index contributed by atoms with van der Waals surface area (Å²) in [6.45, 7) is 9.64. The summed E-state index contributed by atoms with van der Waals surface area (Å²) in [6, 6.07) is 0. The van der Waals surface area contributed by atoms with Gasteiger partial charge in [-0.1, -0.05) is 0 Å². The summed E-state index contributed by atoms with van der Waals surface area (Å²) in [5.74, 6) is 0.962. The van der Waals surface area contributed by atoms with Crippen LogP contribution in [0.5, 0.6) is 0 Å². The molecule has 2 heterocycles. The van der Waals surface area contributed by atoms with Crippen LogP contribution in [0.3, 0.4) is 0 Å². The largest absolute Gasteiger partial charge is 0.368 e. The van der Waals surface area contributed by atoms with E-state index >= 15 is 0 Å². The van der Waals surface area contributed by atoms with Crippen LogP contribution in [0.1, 0.15) is 24.3 Å². The summed E-state index contributed by atoms with van der Waals surface area (Å²) in [5.41, 5.74) is 1.29. The molecule has 0 aliphatic carbocycles. The number of rotatable bonds is 4. The van der Waals surface area contributed by atoms with E-state index in [1.165, 1.54) is 15.8 Å². The first-order valence-corrected chi connectivity index (χ1v) is 7.98. The molecule has 0 fully saturated rings. The van der Waals surface area contributed by atoms with Gasteiger partial charge in [0.05, 0.1) is 5.39 Å². The Bertz CT molecular complexity index is 561. The molecule has 98 valence electrons. The lowest BCUT2D eigenvalue weighted by Gasteiger charge is -2.22. The Balaban J connectivity index is 2.34. The monoisotopic (exact) mass is 281 g/mol. The summed E-state index contributed by atoms with van der Waals surface area (Å²) in [6.07, 6.45) is 3.78. The van der Waals surface area contributed by atoms with Crippen molar-refractivity contribution in [2.45, 2.75) is 32.4 Å². The number of thioether (sulfide) groups is 1. The van der Waals surface area contributed by atoms with Gasteiger partial charge in [-0.2, -0.15) is 11.8 Å². The van der Waals surface area contributed by atoms with Crippen molar-refractivity contribution in [1.82, 2.24) is 9.97 Å². The van der Waals surface area contributed by atoms with Crippen LogP contribution in [0, 0.1) is 13.8 Å². The molecule has 18 heavy (non-hydrogen) atoms. The van der Waals surface area contributed by atoms with E-state index in [-0.39, 0.29) is 4.75 Å². The molecule has 0 amide bonds. The molecular weight excluding hydrogens is 262 g/mol. The Morgan fingerprint density at radius 3 is 2.72 bits per heavy atom. The highest BCUT2D eigenvalue weighted by Gasteiger charge is 2.17. The van der Waals surface area contributed by atoms with Gasteiger partial charge in [0, 0.05) is 16.2 Å². The van der Waals surface area contributed by atoms with Gasteiger partial charge < -0.3 is 5.32 Å². The van der Waals surface area contributed by atoms with Gasteiger partial charge in [-0.3, -0.25) is 0 Å². The Labute approximate surface area is 116 Å². The maximum absolute atomic E-state index is 4.39. The minimum atomic E-state index is 0.205. The van der Waals surface area contributed by atoms with Crippen molar-refractivity contribution in [1.29, 1.82) is 0 Å². The molecule has 2 aromatic rings. The predicted molar refractivity (Wildman–Crippen MR) is 83.0 cm³/mol. The number of anilines is 1. The number of hydrogen-bond acceptors (Lipinski definition) is 5. The van der Waals surface area contributed by atoms with Crippen molar-refractivity contribution in [2.24, 2.45) is 0 Å². The summed E-state index contributed by atoms with van der Waals surface area (Å²) < 4.78 is 0.205. The highest BCUT2D eigenvalue weighted by molar-refractivity contribution is 7.99. The van der Waals surface area contributed by atoms with Crippen molar-refractivity contribution >= 4 is 39.1 Å². The van der Waals surface area contributed by atoms with Gasteiger partial charge >= 0.3 is 0 Å². The van der Waals surface area contributed by atoms with Gasteiger partial charge in [0.1, 0.15) is 17.0 Å². The van der Waals surface area contributed by atoms with E-state index in [0.717, 1.165) is 17.2 Å². The Hall–Kier alpha value is -0.810. The Morgan fingerprint density at radius 1 is 1.33 bits per heavy atom. The molecule has 3 nitrogen and oxygen atoms in total. The van der Waals surface area contributed by atoms with E-state index < -0.39 is 0 Å². The lowest BCUT2D eigenvalue weighted by atomic mass is 10.2. The second kappa shape index (κ2) is 5.05. The molecule has 2 aromatic heterocycles. The molecule has 0 aliphatic heterocycles. The molecule has 0 atom stereocenters. The maximum Gasteiger partial charge on any atom is 0.138 e. The van der Waals surface area contributed by atoms with E-state index in [1.54, 1.807) is 17.7 Å². The summed E-state index contributed by atoms with van der Waals surface area (Å²) in [4.78, 5) is 11.1. The Morgan fingerprint density at radius 2 is 2.06 bits per heavy atom. The van der Waals surface area contributed by atoms with Crippen molar-refractivity contribution < 1.29 is 0 Å². The van der Waals surface area contributed by atoms with Crippen LogP contribution in [-0.4, -0.2) is 27.5 Å². The summed E-state index contributed by atoms with van der Waals surface area (Å²) >= 11 is 3.59. The number of fused-ring (bicyclic) bond motifs is 1. The normalized spacial score (nSPS) is 12.1. The highest BCUT2D eigenvalue weighted by Crippen LogP contribution is 2.33. The predicted octanol–water partition coefficient (Wildman–Crippen LogP) is 3.86. The zero-order valence-corrected chi connectivity index (χ0v) is 13.1. The molecule has 0 saturated carbocycles. The van der Waals surface area contributed by atoms with Crippen molar-refractivity contribution in [3.8, 4) is 0 Å². The summed E-state index contributed by atoms with van der Waals surface area (Å²) in [5, 5.41) is 4.65. The molecule has 1 N–H and O–H groups in total. The molecule has 0 unspecified atom stereocenters. The van der Waals surface area contributed by atoms with E-state index in [2.05, 4.69) is 49.2 Å². The van der Waals surface area contributed by atoms with E-state index in [0.29, 0.717) is 0 Å². The number of hydrogen-bond donors (Lipinski definition) is 1. The minimum Gasteiger partial charge on any atom is -0.368 e. The third kappa shape index (κ3) is 2.62. The zero-order chi connectivity index (χ0) is 13.3. The minimum absolute atomic E-state index is 0.205. The molecule has 0 saturated heterocycles. The third-order valence-corrected chi connectivity index (χ3v) is 5.56. The lowest BCUT2D eigenvalue weighted by molar-refractivity contribution is 0.750. The Kier molecular flexibility index (Phi) is 3.82. The fourth-order valence-electron chi connectivity index (χ4n) is 1.69. The maximum atomic E-state index is 4.39. The van der Waals surface area contributed by atoms with Crippen LogP contribution in [0.25, 0.3) is 10.2 Å². The number of aromatic nitrogens is 2. The molecule has 0 spiro atoms. The SMILES string of the molecule is CSC(C)(C)CNc1ncnc2sc(C)c(C)c12. The topological polar surface area (TPSA) is 37.8 Å². The molecule has 0 bridgehead atoms. The molecular formula is C13H19N3S2. The molecule has 0 aliphatic rings. The van der Waals surface area contributed by atoms with Crippen molar-refractivity contribution in [3.63, 3.8) is 0 Å². The van der Waals surface area contributed by atoms with E-state index in [4.69, 9.17) is 0 Å². The van der Waals surface area contributed by atoms with Crippen LogP contribution >= 0.6 is 23.1 Å². The first-order chi connectivity index (χ1) is 8.44. The second-order valence-corrected chi connectivity index (χ2v) is 7.72. The van der Waals surface area contributed by atoms with Crippen molar-refractivity contribution in [2.75, 3.05) is 18.1 Å². The van der Waals surface area contributed by atoms with Crippen LogP contribution in [0.15, 0.2) is 6.33 Å². The molecule has 0 radical (unpaired) electrons. The molecule has 2 rings (SSSR count). The fraction of sp³-hybridized carbons (Fsp3) is 0.538. The van der Waals surface area contributed by atoms with Crippen LogP contribution < -0.4 is 5.32 Å². The van der Waals surface area contributed by atoms with Gasteiger partial charge in [0.25, 0.3) is 0 Å². The number of thiophene rings is 1. The number of aryl methyl sites for hydroxylation is 2. The van der Waals surface area contributed by atoms with Gasteiger partial charge in [-0.15, -0.1) is 11.3 Å². The zero-order valence-electron chi connectivity index (χ0n) is 11.5. The van der Waals surface area contributed by atoms with Gasteiger partial charge in [0.15, 0.2) is 0 Å². The third-order valence-electron chi connectivity index (χ3n) is 3.20. The standard InChI is InChI=1S/C13H19N3S2/c1-8-9(2)18-12-10(8)11(15-7-16-12)14-6-13(3,4)17-5/h7H,6H2,1-5H3,(H,14,15,16). The lowest BCUT2D eigenvalue weighted by Crippen LogP contribution is -2.26. The molecule has 0 aromatic carbocycles. The van der Waals surface area contributed by atoms with Crippen LogP contribution in [0.2, 0.25) is 0 Å². The number of nitrogens with zero attached hydrogens (tertiary/aromatic N) is 2. The quantitative estimate of drug-likeness (QED) is 0.923. The molecule has 5 heteroatoms. The first-order valence-electron chi connectivity index (χ1n) is 5.94. The number of nitrogens with one attached hydrogen (secondary N) is 1. The van der Waals surface area contributed by atoms with Crippen LogP contribution in [0.4, 0.5) is 5.82 Å². The van der Waals surface area contributed by atoms with Gasteiger partial charge in [-0.25, -0.2) is 9.97 Å². The first kappa shape index (κ1) is 13.6. The van der Waals surface area contributed by atoms with E-state index in [9.17, 15) is 0 Å². The highest BCUT2D eigenvalue weighted by atomic mass is 32.2.